The monoisotopic (exact) mass is 498 g/mol. The van der Waals surface area contributed by atoms with Crippen LogP contribution in [0.15, 0.2) is 41.3 Å². The van der Waals surface area contributed by atoms with Crippen LogP contribution in [0.3, 0.4) is 0 Å². The van der Waals surface area contributed by atoms with Crippen LogP contribution in [-0.2, 0) is 14.6 Å². The maximum atomic E-state index is 14.3. The van der Waals surface area contributed by atoms with Crippen molar-refractivity contribution < 1.29 is 26.8 Å². The van der Waals surface area contributed by atoms with Gasteiger partial charge in [0.05, 0.1) is 16.0 Å². The molecule has 0 radical (unpaired) electrons. The molecule has 4 atom stereocenters. The second kappa shape index (κ2) is 9.38. The van der Waals surface area contributed by atoms with E-state index in [2.05, 4.69) is 5.32 Å². The highest BCUT2D eigenvalue weighted by Crippen LogP contribution is 2.32. The van der Waals surface area contributed by atoms with Crippen molar-refractivity contribution >= 4 is 33.3 Å². The molecule has 2 amide bonds. The Bertz CT molecular complexity index is 1200. The van der Waals surface area contributed by atoms with Gasteiger partial charge in [0.25, 0.3) is 5.91 Å². The van der Waals surface area contributed by atoms with E-state index in [0.717, 1.165) is 18.4 Å². The number of rotatable bonds is 5. The summed E-state index contributed by atoms with van der Waals surface area (Å²) >= 11 is 5.60. The van der Waals surface area contributed by atoms with Gasteiger partial charge in [0.2, 0.25) is 5.91 Å². The first kappa shape index (κ1) is 25.1. The highest BCUT2D eigenvalue weighted by molar-refractivity contribution is 7.90. The van der Waals surface area contributed by atoms with Crippen molar-refractivity contribution in [2.24, 2.45) is 5.92 Å². The van der Waals surface area contributed by atoms with E-state index in [1.807, 2.05) is 13.8 Å². The Morgan fingerprint density at radius 3 is 2.45 bits per heavy atom. The van der Waals surface area contributed by atoms with Crippen molar-refractivity contribution in [2.45, 2.75) is 50.2 Å². The van der Waals surface area contributed by atoms with Crippen molar-refractivity contribution in [3.8, 4) is 0 Å². The number of carbonyl (C=O) groups is 2. The Morgan fingerprint density at radius 1 is 1.15 bits per heavy atom. The summed E-state index contributed by atoms with van der Waals surface area (Å²) in [6.07, 6.45) is 1.42. The van der Waals surface area contributed by atoms with Gasteiger partial charge in [-0.15, -0.1) is 0 Å². The van der Waals surface area contributed by atoms with Crippen LogP contribution in [0.2, 0.25) is 5.02 Å². The summed E-state index contributed by atoms with van der Waals surface area (Å²) in [6, 6.07) is 5.41. The molecule has 1 fully saturated rings. The van der Waals surface area contributed by atoms with Gasteiger partial charge in [-0.3, -0.25) is 9.59 Å². The van der Waals surface area contributed by atoms with Crippen LogP contribution in [0.25, 0.3) is 0 Å². The van der Waals surface area contributed by atoms with Gasteiger partial charge in [-0.05, 0) is 56.5 Å². The van der Waals surface area contributed by atoms with Gasteiger partial charge in [0.1, 0.15) is 17.7 Å². The maximum absolute atomic E-state index is 14.3. The lowest BCUT2D eigenvalue weighted by molar-refractivity contribution is -0.125. The molecule has 2 aromatic carbocycles. The highest BCUT2D eigenvalue weighted by atomic mass is 35.5. The largest absolute Gasteiger partial charge is 0.348 e. The number of nitrogens with zero attached hydrogens (tertiary/aromatic N) is 1. The van der Waals surface area contributed by atoms with Crippen LogP contribution in [0.1, 0.15) is 49.2 Å². The molecule has 0 bridgehead atoms. The Kier molecular flexibility index (Phi) is 7.14. The quantitative estimate of drug-likeness (QED) is 0.628. The Labute approximate surface area is 196 Å². The van der Waals surface area contributed by atoms with E-state index in [0.29, 0.717) is 6.42 Å². The van der Waals surface area contributed by atoms with E-state index >= 15 is 0 Å². The van der Waals surface area contributed by atoms with Crippen molar-refractivity contribution in [2.75, 3.05) is 6.26 Å². The van der Waals surface area contributed by atoms with Crippen molar-refractivity contribution in [3.63, 3.8) is 0 Å². The van der Waals surface area contributed by atoms with Gasteiger partial charge in [-0.1, -0.05) is 24.6 Å². The summed E-state index contributed by atoms with van der Waals surface area (Å²) in [5.41, 5.74) is 0.0821. The maximum Gasteiger partial charge on any atom is 0.254 e. The first-order valence-electron chi connectivity index (χ1n) is 10.4. The molecule has 1 saturated heterocycles. The minimum Gasteiger partial charge on any atom is -0.348 e. The Morgan fingerprint density at radius 2 is 1.82 bits per heavy atom. The molecular weight excluding hydrogens is 474 g/mol. The van der Waals surface area contributed by atoms with Crippen molar-refractivity contribution in [3.05, 3.63) is 64.2 Å². The van der Waals surface area contributed by atoms with Crippen LogP contribution in [0, 0.1) is 17.6 Å². The third-order valence-electron chi connectivity index (χ3n) is 6.10. The SMILES string of the molecule is C[C@@H]1C[C@H](C(=O)N[C@H](C)c2cc(F)c(Cl)cc2F)N(C(=O)c2cccc(S(C)(=O)=O)c2)[C@@H]1C. The number of benzene rings is 2. The van der Waals surface area contributed by atoms with Crippen molar-refractivity contribution in [1.82, 2.24) is 10.2 Å². The molecule has 0 unspecified atom stereocenters. The van der Waals surface area contributed by atoms with Crippen LogP contribution in [0.4, 0.5) is 8.78 Å². The molecule has 1 aliphatic heterocycles. The predicted molar refractivity (Wildman–Crippen MR) is 121 cm³/mol. The Balaban J connectivity index is 1.87. The molecule has 1 heterocycles. The van der Waals surface area contributed by atoms with Gasteiger partial charge in [-0.2, -0.15) is 0 Å². The Hall–Kier alpha value is -2.52. The average Bonchev–Trinajstić information content (AvgIpc) is 3.04. The summed E-state index contributed by atoms with van der Waals surface area (Å²) < 4.78 is 51.9. The first-order valence-corrected chi connectivity index (χ1v) is 12.7. The van der Waals surface area contributed by atoms with E-state index in [9.17, 15) is 26.8 Å². The molecule has 0 aromatic heterocycles. The first-order chi connectivity index (χ1) is 15.3. The number of halogens is 3. The van der Waals surface area contributed by atoms with Gasteiger partial charge in [0, 0.05) is 23.4 Å². The summed E-state index contributed by atoms with van der Waals surface area (Å²) in [7, 11) is -3.52. The summed E-state index contributed by atoms with van der Waals surface area (Å²) in [5, 5.41) is 2.30. The normalized spacial score (nSPS) is 21.7. The van der Waals surface area contributed by atoms with E-state index in [4.69, 9.17) is 11.6 Å². The number of sulfone groups is 1. The van der Waals surface area contributed by atoms with Gasteiger partial charge in [0.15, 0.2) is 9.84 Å². The van der Waals surface area contributed by atoms with E-state index in [1.54, 1.807) is 0 Å². The van der Waals surface area contributed by atoms with E-state index in [1.165, 1.54) is 36.1 Å². The smallest absolute Gasteiger partial charge is 0.254 e. The second-order valence-electron chi connectivity index (χ2n) is 8.50. The third-order valence-corrected chi connectivity index (χ3v) is 7.50. The molecule has 0 aliphatic carbocycles. The lowest BCUT2D eigenvalue weighted by Gasteiger charge is -2.29. The molecule has 10 heteroatoms. The fraction of sp³-hybridized carbons (Fsp3) is 0.391. The molecule has 178 valence electrons. The molecule has 3 rings (SSSR count). The number of hydrogen-bond donors (Lipinski definition) is 1. The fourth-order valence-electron chi connectivity index (χ4n) is 4.05. The zero-order valence-electron chi connectivity index (χ0n) is 18.6. The lowest BCUT2D eigenvalue weighted by Crippen LogP contribution is -2.49. The minimum atomic E-state index is -3.52. The van der Waals surface area contributed by atoms with Crippen molar-refractivity contribution in [1.29, 1.82) is 0 Å². The van der Waals surface area contributed by atoms with E-state index in [-0.39, 0.29) is 33.0 Å². The average molecular weight is 499 g/mol. The number of likely N-dealkylation sites (tertiary alicyclic amines) is 1. The number of carbonyl (C=O) groups excluding carboxylic acids is 2. The summed E-state index contributed by atoms with van der Waals surface area (Å²) in [6.45, 7) is 5.23. The summed E-state index contributed by atoms with van der Waals surface area (Å²) in [5.74, 6) is -2.56. The predicted octanol–water partition coefficient (Wildman–Crippen LogP) is 4.14. The fourth-order valence-corrected chi connectivity index (χ4v) is 4.86. The molecule has 1 aliphatic rings. The van der Waals surface area contributed by atoms with Gasteiger partial charge >= 0.3 is 0 Å². The molecule has 33 heavy (non-hydrogen) atoms. The van der Waals surface area contributed by atoms with Gasteiger partial charge < -0.3 is 10.2 Å². The number of amides is 2. The zero-order chi connectivity index (χ0) is 24.7. The van der Waals surface area contributed by atoms with Gasteiger partial charge in [-0.25, -0.2) is 17.2 Å². The lowest BCUT2D eigenvalue weighted by atomic mass is 10.0. The minimum absolute atomic E-state index is 0.00288. The molecule has 0 saturated carbocycles. The number of hydrogen-bond acceptors (Lipinski definition) is 4. The second-order valence-corrected chi connectivity index (χ2v) is 10.9. The third kappa shape index (κ3) is 5.19. The molecule has 0 spiro atoms. The molecule has 6 nitrogen and oxygen atoms in total. The molecule has 1 N–H and O–H groups in total. The molecule has 2 aromatic rings. The van der Waals surface area contributed by atoms with Crippen LogP contribution in [0.5, 0.6) is 0 Å². The van der Waals surface area contributed by atoms with Crippen LogP contribution < -0.4 is 5.32 Å². The zero-order valence-corrected chi connectivity index (χ0v) is 20.2. The van der Waals surface area contributed by atoms with E-state index < -0.39 is 45.4 Å². The highest BCUT2D eigenvalue weighted by Gasteiger charge is 2.43. The number of nitrogens with one attached hydrogen (secondary N) is 1. The van der Waals surface area contributed by atoms with Crippen LogP contribution in [-0.4, -0.2) is 43.5 Å². The summed E-state index contributed by atoms with van der Waals surface area (Å²) in [4.78, 5) is 27.9. The molecular formula is C23H25ClF2N2O4S. The van der Waals surface area contributed by atoms with Crippen LogP contribution >= 0.6 is 11.6 Å². The topological polar surface area (TPSA) is 83.6 Å². The standard InChI is InChI=1S/C23H25ClF2N2O4S/c1-12-8-21(22(29)27-13(2)17-10-20(26)18(24)11-19(17)25)28(14(12)3)23(30)15-6-5-7-16(9-15)33(4,31)32/h5-7,9-14,21H,8H2,1-4H3,(H,27,29)/t12-,13-,14-,21-/m1/s1.